The maximum absolute atomic E-state index is 12.7. The van der Waals surface area contributed by atoms with Crippen LogP contribution in [-0.4, -0.2) is 19.6 Å². The van der Waals surface area contributed by atoms with Gasteiger partial charge in [0.1, 0.15) is 0 Å². The summed E-state index contributed by atoms with van der Waals surface area (Å²) in [6, 6.07) is 11.4. The van der Waals surface area contributed by atoms with E-state index in [1.165, 1.54) is 0 Å². The molecule has 24 heavy (non-hydrogen) atoms. The smallest absolute Gasteiger partial charge is 0.255 e. The molecular weight excluding hydrogens is 302 g/mol. The summed E-state index contributed by atoms with van der Waals surface area (Å²) in [7, 11) is 1.57. The highest BCUT2D eigenvalue weighted by Crippen LogP contribution is 2.29. The Balaban J connectivity index is 2.31. The van der Waals surface area contributed by atoms with E-state index in [4.69, 9.17) is 9.47 Å². The zero-order chi connectivity index (χ0) is 17.5. The number of carbonyl (C=O) groups excluding carboxylic acids is 1. The molecule has 0 spiro atoms. The van der Waals surface area contributed by atoms with Gasteiger partial charge >= 0.3 is 0 Å². The molecule has 1 N–H and O–H groups in total. The Hall–Kier alpha value is -2.49. The number of benzene rings is 2. The fraction of sp³-hybridized carbons (Fsp3) is 0.350. The molecule has 0 heterocycles. The summed E-state index contributed by atoms with van der Waals surface area (Å²) in [5.74, 6) is 1.05. The fourth-order valence-electron chi connectivity index (χ4n) is 2.67. The van der Waals surface area contributed by atoms with Gasteiger partial charge in [-0.1, -0.05) is 32.0 Å². The van der Waals surface area contributed by atoms with Gasteiger partial charge in [-0.25, -0.2) is 0 Å². The van der Waals surface area contributed by atoms with Crippen LogP contribution >= 0.6 is 0 Å². The van der Waals surface area contributed by atoms with Crippen molar-refractivity contribution in [1.82, 2.24) is 0 Å². The van der Waals surface area contributed by atoms with Gasteiger partial charge in [0.15, 0.2) is 11.5 Å². The molecule has 0 bridgehead atoms. The van der Waals surface area contributed by atoms with E-state index in [1.54, 1.807) is 25.3 Å². The molecule has 2 aromatic carbocycles. The van der Waals surface area contributed by atoms with E-state index in [2.05, 4.69) is 19.2 Å². The fourth-order valence-corrected chi connectivity index (χ4v) is 2.67. The van der Waals surface area contributed by atoms with E-state index in [9.17, 15) is 4.79 Å². The lowest BCUT2D eigenvalue weighted by molar-refractivity contribution is 0.102. The van der Waals surface area contributed by atoms with Crippen molar-refractivity contribution in [2.24, 2.45) is 0 Å². The molecule has 4 nitrogen and oxygen atoms in total. The summed E-state index contributed by atoms with van der Waals surface area (Å²) in [6.07, 6.45) is 1.74. The summed E-state index contributed by atoms with van der Waals surface area (Å²) in [5, 5.41) is 3.06. The van der Waals surface area contributed by atoms with Crippen LogP contribution < -0.4 is 14.8 Å². The van der Waals surface area contributed by atoms with Crippen LogP contribution in [0.15, 0.2) is 36.4 Å². The first-order chi connectivity index (χ1) is 11.6. The van der Waals surface area contributed by atoms with Gasteiger partial charge in [-0.2, -0.15) is 0 Å². The highest BCUT2D eigenvalue weighted by Gasteiger charge is 2.14. The molecule has 0 atom stereocenters. The van der Waals surface area contributed by atoms with Crippen LogP contribution in [0.4, 0.5) is 5.69 Å². The number of amides is 1. The molecule has 0 unspecified atom stereocenters. The number of hydrogen-bond acceptors (Lipinski definition) is 3. The third-order valence-corrected chi connectivity index (χ3v) is 3.96. The van der Waals surface area contributed by atoms with Gasteiger partial charge in [-0.15, -0.1) is 0 Å². The Kier molecular flexibility index (Phi) is 6.24. The summed E-state index contributed by atoms with van der Waals surface area (Å²) in [5.41, 5.74) is 3.74. The quantitative estimate of drug-likeness (QED) is 0.816. The van der Waals surface area contributed by atoms with E-state index in [1.807, 2.05) is 25.1 Å². The molecule has 0 radical (unpaired) electrons. The number of hydrogen-bond donors (Lipinski definition) is 1. The third kappa shape index (κ3) is 3.88. The van der Waals surface area contributed by atoms with E-state index >= 15 is 0 Å². The number of ether oxygens (including phenoxy) is 2. The first-order valence-corrected chi connectivity index (χ1v) is 8.37. The van der Waals surface area contributed by atoms with Crippen molar-refractivity contribution in [3.05, 3.63) is 53.1 Å². The number of anilines is 1. The number of para-hydroxylation sites is 1. The zero-order valence-electron chi connectivity index (χ0n) is 14.8. The Morgan fingerprint density at radius 1 is 1.00 bits per heavy atom. The second-order valence-electron chi connectivity index (χ2n) is 5.41. The monoisotopic (exact) mass is 327 g/mol. The maximum atomic E-state index is 12.7. The Labute approximate surface area is 143 Å². The highest BCUT2D eigenvalue weighted by atomic mass is 16.5. The van der Waals surface area contributed by atoms with Crippen LogP contribution in [0.2, 0.25) is 0 Å². The van der Waals surface area contributed by atoms with Crippen LogP contribution in [-0.2, 0) is 12.8 Å². The lowest BCUT2D eigenvalue weighted by Gasteiger charge is -2.15. The summed E-state index contributed by atoms with van der Waals surface area (Å²) in [6.45, 7) is 6.63. The van der Waals surface area contributed by atoms with Gasteiger partial charge in [-0.3, -0.25) is 4.79 Å². The van der Waals surface area contributed by atoms with Crippen molar-refractivity contribution >= 4 is 11.6 Å². The Morgan fingerprint density at radius 3 is 2.21 bits per heavy atom. The van der Waals surface area contributed by atoms with Crippen LogP contribution in [0.5, 0.6) is 11.5 Å². The van der Waals surface area contributed by atoms with Crippen LogP contribution in [0.3, 0.4) is 0 Å². The molecule has 0 saturated carbocycles. The highest BCUT2D eigenvalue weighted by molar-refractivity contribution is 6.05. The topological polar surface area (TPSA) is 47.6 Å². The predicted molar refractivity (Wildman–Crippen MR) is 97.3 cm³/mol. The minimum Gasteiger partial charge on any atom is -0.493 e. The predicted octanol–water partition coefficient (Wildman–Crippen LogP) is 4.47. The number of nitrogens with one attached hydrogen (secondary N) is 1. The molecular formula is C20H25NO3. The van der Waals surface area contributed by atoms with Crippen molar-refractivity contribution in [3.8, 4) is 11.5 Å². The molecule has 0 aliphatic carbocycles. The van der Waals surface area contributed by atoms with Crippen molar-refractivity contribution in [1.29, 1.82) is 0 Å². The van der Waals surface area contributed by atoms with Gasteiger partial charge in [0.2, 0.25) is 0 Å². The average Bonchev–Trinajstić information content (AvgIpc) is 2.62. The molecule has 0 aliphatic rings. The van der Waals surface area contributed by atoms with Gasteiger partial charge in [-0.05, 0) is 49.1 Å². The maximum Gasteiger partial charge on any atom is 0.255 e. The lowest BCUT2D eigenvalue weighted by atomic mass is 10.0. The number of aryl methyl sites for hydroxylation is 2. The number of carbonyl (C=O) groups is 1. The molecule has 2 rings (SSSR count). The molecule has 2 aromatic rings. The van der Waals surface area contributed by atoms with Crippen molar-refractivity contribution in [2.75, 3.05) is 19.0 Å². The van der Waals surface area contributed by atoms with Crippen LogP contribution in [0.1, 0.15) is 42.3 Å². The van der Waals surface area contributed by atoms with E-state index in [0.29, 0.717) is 23.7 Å². The molecule has 0 saturated heterocycles. The summed E-state index contributed by atoms with van der Waals surface area (Å²) in [4.78, 5) is 12.7. The second kappa shape index (κ2) is 8.39. The Morgan fingerprint density at radius 2 is 1.67 bits per heavy atom. The second-order valence-corrected chi connectivity index (χ2v) is 5.41. The molecule has 0 aliphatic heterocycles. The van der Waals surface area contributed by atoms with Crippen LogP contribution in [0, 0.1) is 0 Å². The minimum absolute atomic E-state index is 0.146. The molecule has 0 aromatic heterocycles. The standard InChI is InChI=1S/C20H25NO3/c1-5-14-9-8-10-15(6-2)19(14)21-20(22)16-11-12-17(24-7-3)18(13-16)23-4/h8-13H,5-7H2,1-4H3,(H,21,22). The normalized spacial score (nSPS) is 10.3. The first kappa shape index (κ1) is 17.9. The number of methoxy groups -OCH3 is 1. The van der Waals surface area contributed by atoms with E-state index < -0.39 is 0 Å². The van der Waals surface area contributed by atoms with E-state index in [-0.39, 0.29) is 5.91 Å². The molecule has 128 valence electrons. The molecule has 1 amide bonds. The largest absolute Gasteiger partial charge is 0.493 e. The van der Waals surface area contributed by atoms with Crippen molar-refractivity contribution < 1.29 is 14.3 Å². The lowest BCUT2D eigenvalue weighted by Crippen LogP contribution is -2.15. The van der Waals surface area contributed by atoms with Gasteiger partial charge < -0.3 is 14.8 Å². The van der Waals surface area contributed by atoms with E-state index in [0.717, 1.165) is 29.7 Å². The molecule has 0 fully saturated rings. The summed E-state index contributed by atoms with van der Waals surface area (Å²) < 4.78 is 10.8. The third-order valence-electron chi connectivity index (χ3n) is 3.96. The number of rotatable bonds is 7. The Bertz CT molecular complexity index is 688. The average molecular weight is 327 g/mol. The van der Waals surface area contributed by atoms with Gasteiger partial charge in [0.25, 0.3) is 5.91 Å². The molecule has 4 heteroatoms. The summed E-state index contributed by atoms with van der Waals surface area (Å²) >= 11 is 0. The minimum atomic E-state index is -0.146. The van der Waals surface area contributed by atoms with Crippen molar-refractivity contribution in [2.45, 2.75) is 33.6 Å². The van der Waals surface area contributed by atoms with Crippen molar-refractivity contribution in [3.63, 3.8) is 0 Å². The van der Waals surface area contributed by atoms with Crippen LogP contribution in [0.25, 0.3) is 0 Å². The first-order valence-electron chi connectivity index (χ1n) is 8.37. The SMILES string of the molecule is CCOc1ccc(C(=O)Nc2c(CC)cccc2CC)cc1OC. The van der Waals surface area contributed by atoms with Gasteiger partial charge in [0, 0.05) is 11.3 Å². The zero-order valence-corrected chi connectivity index (χ0v) is 14.8. The van der Waals surface area contributed by atoms with Gasteiger partial charge in [0.05, 0.1) is 13.7 Å².